The quantitative estimate of drug-likeness (QED) is 0.225. The number of nitrogens with zero attached hydrogens (tertiary/aromatic N) is 2. The number of aromatic carboxylic acids is 1. The van der Waals surface area contributed by atoms with Crippen molar-refractivity contribution in [3.63, 3.8) is 0 Å². The molecule has 6 rings (SSSR count). The lowest BCUT2D eigenvalue weighted by Crippen LogP contribution is -2.32. The highest BCUT2D eigenvalue weighted by atomic mass is 19.1. The third kappa shape index (κ3) is 5.46. The van der Waals surface area contributed by atoms with E-state index in [2.05, 4.69) is 27.3 Å². The molecule has 2 heterocycles. The summed E-state index contributed by atoms with van der Waals surface area (Å²) in [7, 11) is 0. The molecule has 1 saturated carbocycles. The number of oxazole rings is 1. The average molecular weight is 560 g/mol. The van der Waals surface area contributed by atoms with Crippen LogP contribution in [0.2, 0.25) is 0 Å². The second-order valence-corrected chi connectivity index (χ2v) is 10.7. The van der Waals surface area contributed by atoms with E-state index in [0.29, 0.717) is 42.3 Å². The highest BCUT2D eigenvalue weighted by molar-refractivity contribution is 5.92. The van der Waals surface area contributed by atoms with Gasteiger partial charge in [0.05, 0.1) is 24.3 Å². The molecular weight excluding hydrogens is 525 g/mol. The van der Waals surface area contributed by atoms with Gasteiger partial charge >= 0.3 is 5.97 Å². The Kier molecular flexibility index (Phi) is 7.53. The van der Waals surface area contributed by atoms with Gasteiger partial charge in [-0.25, -0.2) is 9.18 Å². The third-order valence-corrected chi connectivity index (χ3v) is 8.19. The first-order valence-electron chi connectivity index (χ1n) is 14.3. The van der Waals surface area contributed by atoms with E-state index in [-0.39, 0.29) is 17.4 Å². The molecule has 0 amide bonds. The van der Waals surface area contributed by atoms with Crippen LogP contribution >= 0.6 is 0 Å². The third-order valence-electron chi connectivity index (χ3n) is 8.19. The maximum atomic E-state index is 13.6. The Morgan fingerprint density at radius 1 is 1.05 bits per heavy atom. The molecule has 1 aliphatic carbocycles. The second-order valence-electron chi connectivity index (χ2n) is 10.7. The van der Waals surface area contributed by atoms with E-state index in [1.165, 1.54) is 24.3 Å². The monoisotopic (exact) mass is 559 g/mol. The van der Waals surface area contributed by atoms with E-state index in [9.17, 15) is 14.3 Å². The van der Waals surface area contributed by atoms with Crippen LogP contribution in [0.25, 0.3) is 22.2 Å². The van der Waals surface area contributed by atoms with Crippen LogP contribution in [0.4, 0.5) is 10.4 Å². The normalized spacial score (nSPS) is 20.3. The van der Waals surface area contributed by atoms with Crippen molar-refractivity contribution in [1.29, 1.82) is 0 Å². The van der Waals surface area contributed by atoms with Crippen molar-refractivity contribution in [3.8, 4) is 22.6 Å². The van der Waals surface area contributed by atoms with Gasteiger partial charge in [-0.3, -0.25) is 4.90 Å². The molecule has 8 nitrogen and oxygen atoms in total. The number of benzene rings is 3. The lowest BCUT2D eigenvalue weighted by molar-refractivity contribution is 0.0697. The average Bonchev–Trinajstić information content (AvgIpc) is 3.66. The Morgan fingerprint density at radius 3 is 2.46 bits per heavy atom. The molecule has 4 aromatic rings. The smallest absolute Gasteiger partial charge is 0.335 e. The number of rotatable bonds is 10. The Labute approximate surface area is 238 Å². The molecule has 1 aromatic heterocycles. The van der Waals surface area contributed by atoms with Gasteiger partial charge in [-0.05, 0) is 99.2 Å². The number of anilines is 1. The standard InChI is InChI=1S/C32H34FN3O5/c1-3-39-28-15-19(16-29(40-4-2)30(28)20-5-8-22(33)9-6-20)18-36-14-13-23-24(10-11-26(23)36)34-32-35-25-17-21(31(37)38)7-12-27(25)41-32/h5-9,12,15-17,23-24,26H,3-4,10-11,13-14,18H2,1-2H3,(H,34,35)(H,37,38)/t23-,24?,26+/m0/s1. The highest BCUT2D eigenvalue weighted by Gasteiger charge is 2.44. The maximum absolute atomic E-state index is 13.6. The predicted molar refractivity (Wildman–Crippen MR) is 154 cm³/mol. The summed E-state index contributed by atoms with van der Waals surface area (Å²) >= 11 is 0. The number of carboxylic acid groups (broad SMARTS) is 1. The summed E-state index contributed by atoms with van der Waals surface area (Å²) in [6.45, 7) is 6.70. The minimum atomic E-state index is -0.985. The van der Waals surface area contributed by atoms with Gasteiger partial charge in [-0.15, -0.1) is 0 Å². The first-order valence-corrected chi connectivity index (χ1v) is 14.3. The Balaban J connectivity index is 1.19. The number of ether oxygens (including phenoxy) is 2. The van der Waals surface area contributed by atoms with Gasteiger partial charge in [0.15, 0.2) is 5.58 Å². The maximum Gasteiger partial charge on any atom is 0.335 e. The summed E-state index contributed by atoms with van der Waals surface area (Å²) < 4.78 is 31.7. The van der Waals surface area contributed by atoms with Gasteiger partial charge in [0.2, 0.25) is 0 Å². The zero-order valence-corrected chi connectivity index (χ0v) is 23.2. The van der Waals surface area contributed by atoms with Crippen LogP contribution in [0, 0.1) is 11.7 Å². The summed E-state index contributed by atoms with van der Waals surface area (Å²) in [6, 6.07) is 16.4. The molecule has 3 atom stereocenters. The molecule has 0 spiro atoms. The largest absolute Gasteiger partial charge is 0.493 e. The van der Waals surface area contributed by atoms with E-state index in [0.717, 1.165) is 60.5 Å². The van der Waals surface area contributed by atoms with Crippen LogP contribution in [-0.2, 0) is 6.54 Å². The number of fused-ring (bicyclic) bond motifs is 2. The van der Waals surface area contributed by atoms with E-state index in [1.54, 1.807) is 18.2 Å². The first-order chi connectivity index (χ1) is 19.9. The Hall–Kier alpha value is -4.11. The summed E-state index contributed by atoms with van der Waals surface area (Å²) in [4.78, 5) is 18.4. The molecule has 1 aliphatic heterocycles. The Morgan fingerprint density at radius 2 is 1.78 bits per heavy atom. The van der Waals surface area contributed by atoms with E-state index >= 15 is 0 Å². The molecule has 0 radical (unpaired) electrons. The number of nitrogens with one attached hydrogen (secondary N) is 1. The summed E-state index contributed by atoms with van der Waals surface area (Å²) in [5, 5.41) is 12.8. The van der Waals surface area contributed by atoms with Crippen molar-refractivity contribution in [1.82, 2.24) is 9.88 Å². The fourth-order valence-corrected chi connectivity index (χ4v) is 6.44. The number of hydrogen-bond acceptors (Lipinski definition) is 7. The van der Waals surface area contributed by atoms with Crippen LogP contribution in [0.1, 0.15) is 49.0 Å². The van der Waals surface area contributed by atoms with Gasteiger partial charge in [-0.1, -0.05) is 12.1 Å². The van der Waals surface area contributed by atoms with Crippen LogP contribution in [0.15, 0.2) is 59.0 Å². The predicted octanol–water partition coefficient (Wildman–Crippen LogP) is 6.59. The fraction of sp³-hybridized carbons (Fsp3) is 0.375. The minimum absolute atomic E-state index is 0.190. The zero-order chi connectivity index (χ0) is 28.5. The molecule has 214 valence electrons. The molecule has 2 fully saturated rings. The van der Waals surface area contributed by atoms with Gasteiger partial charge < -0.3 is 24.3 Å². The summed E-state index contributed by atoms with van der Waals surface area (Å²) in [5.74, 6) is 0.669. The molecule has 41 heavy (non-hydrogen) atoms. The molecule has 3 aromatic carbocycles. The van der Waals surface area contributed by atoms with Crippen molar-refractivity contribution in [2.45, 2.75) is 51.7 Å². The highest BCUT2D eigenvalue weighted by Crippen LogP contribution is 2.43. The van der Waals surface area contributed by atoms with Crippen LogP contribution < -0.4 is 14.8 Å². The van der Waals surface area contributed by atoms with Gasteiger partial charge in [-0.2, -0.15) is 4.98 Å². The van der Waals surface area contributed by atoms with Crippen LogP contribution in [0.3, 0.4) is 0 Å². The van der Waals surface area contributed by atoms with Crippen LogP contribution in [-0.4, -0.2) is 52.8 Å². The molecule has 1 unspecified atom stereocenters. The van der Waals surface area contributed by atoms with Crippen LogP contribution in [0.5, 0.6) is 11.5 Å². The molecule has 2 aliphatic rings. The molecule has 9 heteroatoms. The minimum Gasteiger partial charge on any atom is -0.493 e. The second kappa shape index (κ2) is 11.4. The lowest BCUT2D eigenvalue weighted by atomic mass is 9.99. The van der Waals surface area contributed by atoms with Gasteiger partial charge in [0, 0.05) is 18.6 Å². The SMILES string of the molecule is CCOc1cc(CN2CC[C@H]3C(Nc4nc5cc(C(=O)O)ccc5o4)CC[C@H]32)cc(OCC)c1-c1ccc(F)cc1. The number of carbonyl (C=O) groups is 1. The van der Waals surface area contributed by atoms with Crippen molar-refractivity contribution < 1.29 is 28.2 Å². The van der Waals surface area contributed by atoms with E-state index in [4.69, 9.17) is 13.9 Å². The lowest BCUT2D eigenvalue weighted by Gasteiger charge is -2.25. The summed E-state index contributed by atoms with van der Waals surface area (Å²) in [6.07, 6.45) is 3.13. The number of aromatic nitrogens is 1. The van der Waals surface area contributed by atoms with Crippen molar-refractivity contribution in [3.05, 3.63) is 71.5 Å². The number of carboxylic acids is 1. The van der Waals surface area contributed by atoms with Gasteiger partial charge in [0.25, 0.3) is 6.01 Å². The van der Waals surface area contributed by atoms with Crippen molar-refractivity contribution in [2.24, 2.45) is 5.92 Å². The summed E-state index contributed by atoms with van der Waals surface area (Å²) in [5.41, 5.74) is 4.11. The van der Waals surface area contributed by atoms with Crippen molar-refractivity contribution in [2.75, 3.05) is 25.1 Å². The first kappa shape index (κ1) is 27.1. The number of halogens is 1. The molecule has 2 N–H and O–H groups in total. The Bertz CT molecular complexity index is 1530. The van der Waals surface area contributed by atoms with E-state index in [1.807, 2.05) is 13.8 Å². The number of hydrogen-bond donors (Lipinski definition) is 2. The topological polar surface area (TPSA) is 97.1 Å². The molecule has 1 saturated heterocycles. The fourth-order valence-electron chi connectivity index (χ4n) is 6.44. The van der Waals surface area contributed by atoms with Crippen molar-refractivity contribution >= 4 is 23.1 Å². The molecule has 0 bridgehead atoms. The van der Waals surface area contributed by atoms with Gasteiger partial charge in [0.1, 0.15) is 22.8 Å². The van der Waals surface area contributed by atoms with E-state index < -0.39 is 5.97 Å². The molecular formula is C32H34FN3O5. The number of likely N-dealkylation sites (tertiary alicyclic amines) is 1. The zero-order valence-electron chi connectivity index (χ0n) is 23.2.